The highest BCUT2D eigenvalue weighted by Gasteiger charge is 2.11. The molecule has 0 bridgehead atoms. The first kappa shape index (κ1) is 16.7. The average molecular weight is 300 g/mol. The molecule has 0 fully saturated rings. The standard InChI is InChI=1S/C13H24N4O2S/c1-5-7-14-12-10(3)13(17-11(4)16-12)15-8-9-20(18,19)6-2/h5-9H2,1-4H3,(H2,14,15,16,17). The minimum Gasteiger partial charge on any atom is -0.370 e. The lowest BCUT2D eigenvalue weighted by Crippen LogP contribution is -2.19. The molecule has 0 amide bonds. The molecule has 114 valence electrons. The lowest BCUT2D eigenvalue weighted by Gasteiger charge is -2.13. The third kappa shape index (κ3) is 4.96. The molecule has 20 heavy (non-hydrogen) atoms. The molecule has 0 spiro atoms. The molecule has 0 aliphatic carbocycles. The summed E-state index contributed by atoms with van der Waals surface area (Å²) in [7, 11) is -2.96. The molecular weight excluding hydrogens is 276 g/mol. The van der Waals surface area contributed by atoms with Gasteiger partial charge in [-0.05, 0) is 20.3 Å². The first-order chi connectivity index (χ1) is 9.39. The van der Waals surface area contributed by atoms with Gasteiger partial charge in [-0.15, -0.1) is 0 Å². The van der Waals surface area contributed by atoms with Gasteiger partial charge in [0.15, 0.2) is 9.84 Å². The molecule has 2 N–H and O–H groups in total. The summed E-state index contributed by atoms with van der Waals surface area (Å²) in [5.41, 5.74) is 0.915. The third-order valence-corrected chi connectivity index (χ3v) is 4.65. The first-order valence-electron chi connectivity index (χ1n) is 6.93. The van der Waals surface area contributed by atoms with E-state index in [4.69, 9.17) is 0 Å². The van der Waals surface area contributed by atoms with Crippen molar-refractivity contribution in [3.05, 3.63) is 11.4 Å². The summed E-state index contributed by atoms with van der Waals surface area (Å²) in [4.78, 5) is 8.69. The normalized spacial score (nSPS) is 11.4. The van der Waals surface area contributed by atoms with Crippen molar-refractivity contribution in [2.75, 3.05) is 35.2 Å². The molecule has 1 aromatic heterocycles. The molecule has 6 nitrogen and oxygen atoms in total. The van der Waals surface area contributed by atoms with Crippen molar-refractivity contribution in [2.24, 2.45) is 0 Å². The van der Waals surface area contributed by atoms with E-state index >= 15 is 0 Å². The van der Waals surface area contributed by atoms with Crippen LogP contribution >= 0.6 is 0 Å². The van der Waals surface area contributed by atoms with E-state index in [-0.39, 0.29) is 11.5 Å². The summed E-state index contributed by atoms with van der Waals surface area (Å²) in [6.07, 6.45) is 1.01. The average Bonchev–Trinajstić information content (AvgIpc) is 2.40. The molecule has 1 heterocycles. The molecule has 0 unspecified atom stereocenters. The number of aromatic nitrogens is 2. The molecule has 7 heteroatoms. The van der Waals surface area contributed by atoms with E-state index in [2.05, 4.69) is 27.5 Å². The molecule has 0 aliphatic heterocycles. The summed E-state index contributed by atoms with van der Waals surface area (Å²) >= 11 is 0. The highest BCUT2D eigenvalue weighted by atomic mass is 32.2. The predicted molar refractivity (Wildman–Crippen MR) is 83.1 cm³/mol. The van der Waals surface area contributed by atoms with Crippen LogP contribution in [0.15, 0.2) is 0 Å². The van der Waals surface area contributed by atoms with Gasteiger partial charge in [0.2, 0.25) is 0 Å². The number of nitrogens with zero attached hydrogens (tertiary/aromatic N) is 2. The Labute approximate surface area is 121 Å². The fourth-order valence-electron chi connectivity index (χ4n) is 1.69. The molecule has 1 aromatic rings. The van der Waals surface area contributed by atoms with Gasteiger partial charge in [-0.25, -0.2) is 18.4 Å². The molecule has 0 aliphatic rings. The van der Waals surface area contributed by atoms with E-state index in [1.807, 2.05) is 13.8 Å². The number of sulfone groups is 1. The number of hydrogen-bond acceptors (Lipinski definition) is 6. The van der Waals surface area contributed by atoms with Gasteiger partial charge in [0.05, 0.1) is 5.75 Å². The minimum absolute atomic E-state index is 0.115. The quantitative estimate of drug-likeness (QED) is 0.761. The predicted octanol–water partition coefficient (Wildman–Crippen LogP) is 1.76. The number of anilines is 2. The third-order valence-electron chi connectivity index (χ3n) is 2.95. The summed E-state index contributed by atoms with van der Waals surface area (Å²) in [5.74, 6) is 2.45. The Kier molecular flexibility index (Phi) is 6.19. The zero-order chi connectivity index (χ0) is 15.2. The molecule has 1 rings (SSSR count). The maximum absolute atomic E-state index is 11.5. The Hall–Kier alpha value is -1.37. The second-order valence-electron chi connectivity index (χ2n) is 4.68. The summed E-state index contributed by atoms with van der Waals surface area (Å²) in [6, 6.07) is 0. The van der Waals surface area contributed by atoms with E-state index in [1.54, 1.807) is 6.92 Å². The van der Waals surface area contributed by atoms with Crippen LogP contribution in [-0.4, -0.2) is 43.0 Å². The van der Waals surface area contributed by atoms with Gasteiger partial charge in [-0.3, -0.25) is 0 Å². The second-order valence-corrected chi connectivity index (χ2v) is 7.16. The highest BCUT2D eigenvalue weighted by Crippen LogP contribution is 2.19. The van der Waals surface area contributed by atoms with Crippen molar-refractivity contribution in [3.63, 3.8) is 0 Å². The number of aryl methyl sites for hydroxylation is 1. The van der Waals surface area contributed by atoms with E-state index < -0.39 is 9.84 Å². The fourth-order valence-corrected chi connectivity index (χ4v) is 2.39. The van der Waals surface area contributed by atoms with Gasteiger partial charge in [-0.1, -0.05) is 13.8 Å². The molecule has 0 saturated heterocycles. The zero-order valence-corrected chi connectivity index (χ0v) is 13.5. The lowest BCUT2D eigenvalue weighted by atomic mass is 10.3. The molecule has 0 atom stereocenters. The zero-order valence-electron chi connectivity index (χ0n) is 12.7. The summed E-state index contributed by atoms with van der Waals surface area (Å²) in [6.45, 7) is 8.70. The summed E-state index contributed by atoms with van der Waals surface area (Å²) in [5, 5.41) is 6.34. The van der Waals surface area contributed by atoms with Gasteiger partial charge in [0, 0.05) is 24.4 Å². The number of nitrogens with one attached hydrogen (secondary N) is 2. The smallest absolute Gasteiger partial charge is 0.151 e. The van der Waals surface area contributed by atoms with Crippen molar-refractivity contribution < 1.29 is 8.42 Å². The van der Waals surface area contributed by atoms with Crippen LogP contribution in [0, 0.1) is 13.8 Å². The van der Waals surface area contributed by atoms with Gasteiger partial charge in [-0.2, -0.15) is 0 Å². The molecule has 0 radical (unpaired) electrons. The van der Waals surface area contributed by atoms with E-state index in [1.165, 1.54) is 0 Å². The second kappa shape index (κ2) is 7.42. The monoisotopic (exact) mass is 300 g/mol. The fraction of sp³-hybridized carbons (Fsp3) is 0.692. The van der Waals surface area contributed by atoms with Crippen molar-refractivity contribution in [1.82, 2.24) is 9.97 Å². The van der Waals surface area contributed by atoms with Gasteiger partial charge in [0.1, 0.15) is 17.5 Å². The van der Waals surface area contributed by atoms with Crippen LogP contribution in [0.4, 0.5) is 11.6 Å². The van der Waals surface area contributed by atoms with Crippen molar-refractivity contribution in [2.45, 2.75) is 34.1 Å². The van der Waals surface area contributed by atoms with Crippen molar-refractivity contribution in [1.29, 1.82) is 0 Å². The van der Waals surface area contributed by atoms with Gasteiger partial charge < -0.3 is 10.6 Å². The molecular formula is C13H24N4O2S. The van der Waals surface area contributed by atoms with Gasteiger partial charge in [0.25, 0.3) is 0 Å². The topological polar surface area (TPSA) is 84.0 Å². The van der Waals surface area contributed by atoms with Gasteiger partial charge >= 0.3 is 0 Å². The van der Waals surface area contributed by atoms with E-state index in [0.717, 1.165) is 24.3 Å². The van der Waals surface area contributed by atoms with Crippen LogP contribution in [0.1, 0.15) is 31.7 Å². The maximum atomic E-state index is 11.5. The Morgan fingerprint density at radius 1 is 1.00 bits per heavy atom. The molecule has 0 aromatic carbocycles. The Morgan fingerprint density at radius 3 is 2.05 bits per heavy atom. The Morgan fingerprint density at radius 2 is 1.55 bits per heavy atom. The van der Waals surface area contributed by atoms with E-state index in [0.29, 0.717) is 18.2 Å². The van der Waals surface area contributed by atoms with Crippen LogP contribution < -0.4 is 10.6 Å². The van der Waals surface area contributed by atoms with Crippen LogP contribution in [-0.2, 0) is 9.84 Å². The van der Waals surface area contributed by atoms with E-state index in [9.17, 15) is 8.42 Å². The van der Waals surface area contributed by atoms with Crippen molar-refractivity contribution >= 4 is 21.5 Å². The van der Waals surface area contributed by atoms with Crippen molar-refractivity contribution in [3.8, 4) is 0 Å². The summed E-state index contributed by atoms with van der Waals surface area (Å²) < 4.78 is 22.9. The maximum Gasteiger partial charge on any atom is 0.151 e. The number of hydrogen-bond donors (Lipinski definition) is 2. The van der Waals surface area contributed by atoms with Crippen LogP contribution in [0.2, 0.25) is 0 Å². The largest absolute Gasteiger partial charge is 0.370 e. The first-order valence-corrected chi connectivity index (χ1v) is 8.75. The minimum atomic E-state index is -2.96. The number of rotatable bonds is 8. The van der Waals surface area contributed by atoms with Crippen LogP contribution in [0.25, 0.3) is 0 Å². The van der Waals surface area contributed by atoms with Crippen LogP contribution in [0.3, 0.4) is 0 Å². The molecule has 0 saturated carbocycles. The SMILES string of the molecule is CCCNc1nc(C)nc(NCCS(=O)(=O)CC)c1C. The van der Waals surface area contributed by atoms with Crippen LogP contribution in [0.5, 0.6) is 0 Å². The Balaban J connectivity index is 2.77. The highest BCUT2D eigenvalue weighted by molar-refractivity contribution is 7.91. The Bertz CT molecular complexity index is 544. The lowest BCUT2D eigenvalue weighted by molar-refractivity contribution is 0.597.